The first-order chi connectivity index (χ1) is 15.6. The van der Waals surface area contributed by atoms with Crippen molar-refractivity contribution in [2.45, 2.75) is 32.7 Å². The number of nitrogens with two attached hydrogens (primary N) is 1. The van der Waals surface area contributed by atoms with Gasteiger partial charge >= 0.3 is 0 Å². The van der Waals surface area contributed by atoms with E-state index < -0.39 is 0 Å². The molecule has 4 aromatic rings. The van der Waals surface area contributed by atoms with Gasteiger partial charge in [-0.1, -0.05) is 64.8 Å². The summed E-state index contributed by atoms with van der Waals surface area (Å²) in [6.45, 7) is 6.01. The van der Waals surface area contributed by atoms with Gasteiger partial charge < -0.3 is 15.2 Å². The molecule has 1 aliphatic heterocycles. The first-order valence-electron chi connectivity index (χ1n) is 11.0. The van der Waals surface area contributed by atoms with E-state index in [9.17, 15) is 0 Å². The summed E-state index contributed by atoms with van der Waals surface area (Å²) in [4.78, 5) is 11.7. The molecule has 1 saturated heterocycles. The van der Waals surface area contributed by atoms with E-state index in [0.717, 1.165) is 53.9 Å². The summed E-state index contributed by atoms with van der Waals surface area (Å²) >= 11 is 0. The van der Waals surface area contributed by atoms with Crippen LogP contribution in [0.5, 0.6) is 0 Å². The summed E-state index contributed by atoms with van der Waals surface area (Å²) in [6.07, 6.45) is 5.68. The Morgan fingerprint density at radius 1 is 0.906 bits per heavy atom. The van der Waals surface area contributed by atoms with E-state index in [2.05, 4.69) is 47.1 Å². The van der Waals surface area contributed by atoms with E-state index in [-0.39, 0.29) is 6.04 Å². The molecule has 0 unspecified atom stereocenters. The van der Waals surface area contributed by atoms with E-state index in [1.165, 1.54) is 11.1 Å². The summed E-state index contributed by atoms with van der Waals surface area (Å²) in [5.74, 6) is 1.05. The lowest BCUT2D eigenvalue weighted by Crippen LogP contribution is -2.40. The van der Waals surface area contributed by atoms with Gasteiger partial charge in [0.15, 0.2) is 0 Å². The summed E-state index contributed by atoms with van der Waals surface area (Å²) in [5.41, 5.74) is 13.7. The van der Waals surface area contributed by atoms with Gasteiger partial charge in [0.2, 0.25) is 5.82 Å². The predicted octanol–water partition coefficient (Wildman–Crippen LogP) is 5.01. The highest BCUT2D eigenvalue weighted by atomic mass is 16.5. The number of piperidine rings is 1. The highest BCUT2D eigenvalue weighted by Gasteiger charge is 2.25. The Balaban J connectivity index is 1.65. The van der Waals surface area contributed by atoms with Crippen LogP contribution in [0.3, 0.4) is 0 Å². The Morgan fingerprint density at radius 3 is 2.31 bits per heavy atom. The van der Waals surface area contributed by atoms with E-state index >= 15 is 0 Å². The number of hydrogen-bond donors (Lipinski definition) is 1. The van der Waals surface area contributed by atoms with Gasteiger partial charge in [-0.05, 0) is 32.3 Å². The number of aromatic nitrogens is 3. The standard InChI is InChI=1S/C26H27N5O/c1-17-12-18(2)14-20(13-17)22-15-28-16-23(24(22)31-10-8-21(27)9-11-31)26-29-25(30-32-26)19-6-4-3-5-7-19/h3-7,12-16,21H,8-11,27H2,1-2H3. The normalized spacial score (nSPS) is 14.7. The number of aryl methyl sites for hydroxylation is 2. The largest absolute Gasteiger partial charge is 0.370 e. The van der Waals surface area contributed by atoms with Crippen LogP contribution in [0.25, 0.3) is 34.0 Å². The molecule has 0 aliphatic carbocycles. The Morgan fingerprint density at radius 2 is 1.59 bits per heavy atom. The molecule has 32 heavy (non-hydrogen) atoms. The van der Waals surface area contributed by atoms with Crippen LogP contribution < -0.4 is 10.6 Å². The fourth-order valence-electron chi connectivity index (χ4n) is 4.45. The third-order valence-corrected chi connectivity index (χ3v) is 5.99. The number of hydrogen-bond acceptors (Lipinski definition) is 6. The highest BCUT2D eigenvalue weighted by Crippen LogP contribution is 2.40. The van der Waals surface area contributed by atoms with Crippen molar-refractivity contribution in [3.63, 3.8) is 0 Å². The average molecular weight is 426 g/mol. The molecule has 6 heteroatoms. The van der Waals surface area contributed by atoms with Crippen molar-refractivity contribution in [1.29, 1.82) is 0 Å². The Bertz CT molecular complexity index is 1210. The summed E-state index contributed by atoms with van der Waals surface area (Å²) < 4.78 is 5.74. The van der Waals surface area contributed by atoms with Gasteiger partial charge in [0.25, 0.3) is 5.89 Å². The van der Waals surface area contributed by atoms with Crippen molar-refractivity contribution >= 4 is 5.69 Å². The maximum atomic E-state index is 6.20. The average Bonchev–Trinajstić information content (AvgIpc) is 3.29. The first kappa shape index (κ1) is 20.4. The number of pyridine rings is 1. The lowest BCUT2D eigenvalue weighted by Gasteiger charge is -2.34. The third-order valence-electron chi connectivity index (χ3n) is 5.99. The second-order valence-corrected chi connectivity index (χ2v) is 8.57. The molecule has 2 N–H and O–H groups in total. The minimum absolute atomic E-state index is 0.245. The molecule has 2 aromatic heterocycles. The fourth-order valence-corrected chi connectivity index (χ4v) is 4.45. The molecule has 0 spiro atoms. The monoisotopic (exact) mass is 425 g/mol. The van der Waals surface area contributed by atoms with Crippen molar-refractivity contribution in [2.75, 3.05) is 18.0 Å². The van der Waals surface area contributed by atoms with Crippen LogP contribution >= 0.6 is 0 Å². The molecule has 3 heterocycles. The van der Waals surface area contributed by atoms with Crippen LogP contribution in [0, 0.1) is 13.8 Å². The lowest BCUT2D eigenvalue weighted by atomic mass is 9.96. The number of nitrogens with zero attached hydrogens (tertiary/aromatic N) is 4. The topological polar surface area (TPSA) is 81.1 Å². The number of anilines is 1. The molecular weight excluding hydrogens is 398 g/mol. The molecule has 0 amide bonds. The highest BCUT2D eigenvalue weighted by molar-refractivity contribution is 5.88. The molecule has 5 rings (SSSR count). The fraction of sp³-hybridized carbons (Fsp3) is 0.269. The molecular formula is C26H27N5O. The van der Waals surface area contributed by atoms with Crippen LogP contribution in [0.15, 0.2) is 65.4 Å². The van der Waals surface area contributed by atoms with Crippen molar-refractivity contribution in [3.8, 4) is 34.0 Å². The molecule has 0 atom stereocenters. The SMILES string of the molecule is Cc1cc(C)cc(-c2cncc(-c3nc(-c4ccccc4)no3)c2N2CCC(N)CC2)c1. The second kappa shape index (κ2) is 8.55. The summed E-state index contributed by atoms with van der Waals surface area (Å²) in [6, 6.07) is 16.7. The number of rotatable bonds is 4. The van der Waals surface area contributed by atoms with Crippen LogP contribution in [0.4, 0.5) is 5.69 Å². The van der Waals surface area contributed by atoms with Gasteiger partial charge in [-0.2, -0.15) is 4.98 Å². The number of benzene rings is 2. The molecule has 1 aliphatic rings. The first-order valence-corrected chi connectivity index (χ1v) is 11.0. The van der Waals surface area contributed by atoms with Gasteiger partial charge in [0.1, 0.15) is 0 Å². The van der Waals surface area contributed by atoms with Gasteiger partial charge in [-0.25, -0.2) is 0 Å². The van der Waals surface area contributed by atoms with Crippen LogP contribution in [0.2, 0.25) is 0 Å². The van der Waals surface area contributed by atoms with Crippen LogP contribution in [-0.2, 0) is 0 Å². The second-order valence-electron chi connectivity index (χ2n) is 8.57. The smallest absolute Gasteiger partial charge is 0.261 e. The molecule has 6 nitrogen and oxygen atoms in total. The maximum Gasteiger partial charge on any atom is 0.261 e. The molecule has 0 radical (unpaired) electrons. The zero-order chi connectivity index (χ0) is 22.1. The van der Waals surface area contributed by atoms with Gasteiger partial charge in [0.05, 0.1) is 11.3 Å². The quantitative estimate of drug-likeness (QED) is 0.495. The minimum atomic E-state index is 0.245. The zero-order valence-electron chi connectivity index (χ0n) is 18.5. The van der Waals surface area contributed by atoms with Crippen molar-refractivity contribution in [2.24, 2.45) is 5.73 Å². The van der Waals surface area contributed by atoms with E-state index in [4.69, 9.17) is 15.2 Å². The van der Waals surface area contributed by atoms with E-state index in [0.29, 0.717) is 11.7 Å². The molecule has 162 valence electrons. The lowest BCUT2D eigenvalue weighted by molar-refractivity contribution is 0.432. The molecule has 0 bridgehead atoms. The molecule has 0 saturated carbocycles. The minimum Gasteiger partial charge on any atom is -0.370 e. The molecule has 1 fully saturated rings. The summed E-state index contributed by atoms with van der Waals surface area (Å²) in [7, 11) is 0. The molecule has 2 aromatic carbocycles. The van der Waals surface area contributed by atoms with Crippen molar-refractivity contribution in [3.05, 3.63) is 72.1 Å². The summed E-state index contributed by atoms with van der Waals surface area (Å²) in [5, 5.41) is 4.24. The Labute approximate surface area is 188 Å². The van der Waals surface area contributed by atoms with Gasteiger partial charge in [-0.15, -0.1) is 0 Å². The van der Waals surface area contributed by atoms with E-state index in [1.807, 2.05) is 42.7 Å². The van der Waals surface area contributed by atoms with Crippen molar-refractivity contribution < 1.29 is 4.52 Å². The Hall–Kier alpha value is -3.51. The van der Waals surface area contributed by atoms with Crippen molar-refractivity contribution in [1.82, 2.24) is 15.1 Å². The Kier molecular flexibility index (Phi) is 5.45. The van der Waals surface area contributed by atoms with Crippen LogP contribution in [0.1, 0.15) is 24.0 Å². The van der Waals surface area contributed by atoms with Crippen LogP contribution in [-0.4, -0.2) is 34.3 Å². The third kappa shape index (κ3) is 4.01. The predicted molar refractivity (Wildman–Crippen MR) is 127 cm³/mol. The van der Waals surface area contributed by atoms with E-state index in [1.54, 1.807) is 0 Å². The van der Waals surface area contributed by atoms with Gasteiger partial charge in [0, 0.05) is 42.7 Å². The zero-order valence-corrected chi connectivity index (χ0v) is 18.5. The van der Waals surface area contributed by atoms with Gasteiger partial charge in [-0.3, -0.25) is 4.98 Å². The maximum absolute atomic E-state index is 6.20.